The van der Waals surface area contributed by atoms with Gasteiger partial charge in [0.25, 0.3) is 0 Å². The number of carbonyl (C=O) groups excluding carboxylic acids is 1. The van der Waals surface area contributed by atoms with Crippen LogP contribution in [-0.2, 0) is 4.79 Å². The van der Waals surface area contributed by atoms with Crippen molar-refractivity contribution < 1.29 is 19.6 Å². The molecule has 0 aromatic rings. The molecule has 0 aromatic heterocycles. The van der Waals surface area contributed by atoms with E-state index in [0.29, 0.717) is 12.8 Å². The molecular formula is C9H17N3O5. The van der Waals surface area contributed by atoms with E-state index in [9.17, 15) is 19.7 Å². The van der Waals surface area contributed by atoms with Crippen LogP contribution in [0.4, 0.5) is 4.79 Å². The highest BCUT2D eigenvalue weighted by atomic mass is 16.6. The molecule has 0 aliphatic carbocycles. The van der Waals surface area contributed by atoms with Crippen LogP contribution in [0.25, 0.3) is 0 Å². The fraction of sp³-hybridized carbons (Fsp3) is 0.778. The van der Waals surface area contributed by atoms with Crippen LogP contribution in [-0.4, -0.2) is 34.6 Å². The van der Waals surface area contributed by atoms with Gasteiger partial charge in [-0.1, -0.05) is 0 Å². The highest BCUT2D eigenvalue weighted by Gasteiger charge is 2.19. The summed E-state index contributed by atoms with van der Waals surface area (Å²) < 4.78 is 0. The number of hydrogen-bond donors (Lipinski definition) is 3. The summed E-state index contributed by atoms with van der Waals surface area (Å²) in [6, 6.07) is -1.47. The van der Waals surface area contributed by atoms with Gasteiger partial charge < -0.3 is 16.2 Å². The van der Waals surface area contributed by atoms with Gasteiger partial charge in [-0.2, -0.15) is 0 Å². The average Bonchev–Trinajstić information content (AvgIpc) is 2.21. The van der Waals surface area contributed by atoms with Gasteiger partial charge in [0.05, 0.1) is 5.92 Å². The second-order valence-corrected chi connectivity index (χ2v) is 3.85. The summed E-state index contributed by atoms with van der Waals surface area (Å²) in [4.78, 5) is 31.2. The van der Waals surface area contributed by atoms with Gasteiger partial charge in [-0.15, -0.1) is 0 Å². The molecule has 2 atom stereocenters. The zero-order valence-corrected chi connectivity index (χ0v) is 9.59. The molecule has 0 saturated heterocycles. The summed E-state index contributed by atoms with van der Waals surface area (Å²) >= 11 is 0. The number of nitrogens with zero attached hydrogens (tertiary/aromatic N) is 1. The van der Waals surface area contributed by atoms with E-state index in [1.165, 1.54) is 6.92 Å². The summed E-state index contributed by atoms with van der Waals surface area (Å²) in [5, 5.41) is 21.4. The molecule has 8 heteroatoms. The lowest BCUT2D eigenvalue weighted by Crippen LogP contribution is -2.36. The van der Waals surface area contributed by atoms with E-state index in [-0.39, 0.29) is 13.0 Å². The van der Waals surface area contributed by atoms with Crippen LogP contribution in [0, 0.1) is 16.0 Å². The van der Waals surface area contributed by atoms with Gasteiger partial charge in [-0.3, -0.25) is 14.9 Å². The average molecular weight is 247 g/mol. The highest BCUT2D eigenvalue weighted by Crippen LogP contribution is 2.11. The predicted octanol–water partition coefficient (Wildman–Crippen LogP) is 0.191. The number of carbonyl (C=O) groups is 2. The first-order valence-corrected chi connectivity index (χ1v) is 5.24. The van der Waals surface area contributed by atoms with Gasteiger partial charge in [0.1, 0.15) is 0 Å². The first-order chi connectivity index (χ1) is 7.84. The van der Waals surface area contributed by atoms with Crippen molar-refractivity contribution in [1.82, 2.24) is 5.32 Å². The molecule has 0 bridgehead atoms. The number of aliphatic carboxylic acids is 1. The molecule has 0 aliphatic rings. The lowest BCUT2D eigenvalue weighted by atomic mass is 10.0. The van der Waals surface area contributed by atoms with E-state index in [1.54, 1.807) is 0 Å². The molecule has 98 valence electrons. The van der Waals surface area contributed by atoms with E-state index in [1.807, 2.05) is 0 Å². The van der Waals surface area contributed by atoms with Gasteiger partial charge in [0.15, 0.2) is 0 Å². The molecule has 0 rings (SSSR count). The fourth-order valence-electron chi connectivity index (χ4n) is 1.30. The van der Waals surface area contributed by atoms with Gasteiger partial charge in [-0.05, 0) is 12.8 Å². The normalized spacial score (nSPS) is 13.7. The number of urea groups is 1. The Morgan fingerprint density at radius 2 is 2.06 bits per heavy atom. The molecule has 0 saturated carbocycles. The lowest BCUT2D eigenvalue weighted by Gasteiger charge is -2.12. The Bertz CT molecular complexity index is 294. The van der Waals surface area contributed by atoms with Gasteiger partial charge in [0.2, 0.25) is 6.04 Å². The Kier molecular flexibility index (Phi) is 6.61. The van der Waals surface area contributed by atoms with Crippen molar-refractivity contribution in [3.8, 4) is 0 Å². The lowest BCUT2D eigenvalue weighted by molar-refractivity contribution is -0.519. The minimum absolute atomic E-state index is 0.0580. The topological polar surface area (TPSA) is 136 Å². The molecule has 0 aromatic carbocycles. The Morgan fingerprint density at radius 1 is 1.47 bits per heavy atom. The molecule has 2 amide bonds. The SMILES string of the molecule is CC(CCCC(CNC(N)=O)C(=O)O)[N+](=O)[O-]. The molecule has 0 aliphatic heterocycles. The molecule has 0 spiro atoms. The van der Waals surface area contributed by atoms with Crippen molar-refractivity contribution >= 4 is 12.0 Å². The molecule has 8 nitrogen and oxygen atoms in total. The van der Waals surface area contributed by atoms with Crippen LogP contribution in [0.15, 0.2) is 0 Å². The number of nitrogens with two attached hydrogens (primary N) is 1. The maximum absolute atomic E-state index is 10.8. The summed E-state index contributed by atoms with van der Waals surface area (Å²) in [7, 11) is 0. The summed E-state index contributed by atoms with van der Waals surface area (Å²) in [6.45, 7) is 1.41. The monoisotopic (exact) mass is 247 g/mol. The van der Waals surface area contributed by atoms with Crippen molar-refractivity contribution in [2.75, 3.05) is 6.54 Å². The number of carboxylic acids is 1. The van der Waals surface area contributed by atoms with E-state index >= 15 is 0 Å². The zero-order valence-electron chi connectivity index (χ0n) is 9.59. The number of amides is 2. The maximum atomic E-state index is 10.8. The quantitative estimate of drug-likeness (QED) is 0.415. The molecule has 17 heavy (non-hydrogen) atoms. The van der Waals surface area contributed by atoms with Crippen LogP contribution < -0.4 is 11.1 Å². The van der Waals surface area contributed by atoms with Crippen molar-refractivity contribution in [2.45, 2.75) is 32.2 Å². The van der Waals surface area contributed by atoms with E-state index in [0.717, 1.165) is 0 Å². The van der Waals surface area contributed by atoms with Crippen LogP contribution in [0.1, 0.15) is 26.2 Å². The van der Waals surface area contributed by atoms with E-state index in [2.05, 4.69) is 5.32 Å². The van der Waals surface area contributed by atoms with Gasteiger partial charge >= 0.3 is 12.0 Å². The Labute approximate surface area is 98.3 Å². The third-order valence-corrected chi connectivity index (χ3v) is 2.41. The standard InChI is InChI=1S/C9H17N3O5/c1-6(12(16)17)3-2-4-7(8(13)14)5-11-9(10)15/h6-7H,2-5H2,1H3,(H,13,14)(H3,10,11,15). The number of nitro groups is 1. The van der Waals surface area contributed by atoms with Crippen molar-refractivity contribution in [3.05, 3.63) is 10.1 Å². The highest BCUT2D eigenvalue weighted by molar-refractivity contribution is 5.74. The fourth-order valence-corrected chi connectivity index (χ4v) is 1.30. The summed E-state index contributed by atoms with van der Waals surface area (Å²) in [6.07, 6.45) is 1.00. The molecular weight excluding hydrogens is 230 g/mol. The third-order valence-electron chi connectivity index (χ3n) is 2.41. The van der Waals surface area contributed by atoms with E-state index < -0.39 is 28.9 Å². The Hall–Kier alpha value is -1.86. The predicted molar refractivity (Wildman–Crippen MR) is 59.0 cm³/mol. The largest absolute Gasteiger partial charge is 0.481 e. The van der Waals surface area contributed by atoms with Crippen molar-refractivity contribution in [2.24, 2.45) is 11.7 Å². The molecule has 2 unspecified atom stereocenters. The summed E-state index contributed by atoms with van der Waals surface area (Å²) in [5.74, 6) is -1.81. The van der Waals surface area contributed by atoms with Crippen LogP contribution in [0.5, 0.6) is 0 Å². The minimum atomic E-state index is -1.05. The van der Waals surface area contributed by atoms with Crippen molar-refractivity contribution in [3.63, 3.8) is 0 Å². The first kappa shape index (κ1) is 15.1. The smallest absolute Gasteiger partial charge is 0.312 e. The molecule has 0 heterocycles. The Morgan fingerprint density at radius 3 is 2.47 bits per heavy atom. The minimum Gasteiger partial charge on any atom is -0.481 e. The van der Waals surface area contributed by atoms with Crippen LogP contribution in [0.3, 0.4) is 0 Å². The van der Waals surface area contributed by atoms with Crippen LogP contribution >= 0.6 is 0 Å². The number of rotatable bonds is 8. The van der Waals surface area contributed by atoms with Crippen LogP contribution in [0.2, 0.25) is 0 Å². The van der Waals surface area contributed by atoms with Gasteiger partial charge in [0, 0.05) is 24.8 Å². The first-order valence-electron chi connectivity index (χ1n) is 5.24. The van der Waals surface area contributed by atoms with Gasteiger partial charge in [-0.25, -0.2) is 4.79 Å². The zero-order chi connectivity index (χ0) is 13.4. The van der Waals surface area contributed by atoms with Crippen molar-refractivity contribution in [1.29, 1.82) is 0 Å². The second kappa shape index (κ2) is 7.42. The number of carboxylic acid groups (broad SMARTS) is 1. The third kappa shape index (κ3) is 7.09. The number of hydrogen-bond acceptors (Lipinski definition) is 4. The Balaban J connectivity index is 3.97. The number of primary amides is 1. The second-order valence-electron chi connectivity index (χ2n) is 3.85. The molecule has 4 N–H and O–H groups in total. The molecule has 0 fully saturated rings. The maximum Gasteiger partial charge on any atom is 0.312 e. The molecule has 0 radical (unpaired) electrons. The van der Waals surface area contributed by atoms with E-state index in [4.69, 9.17) is 10.8 Å². The summed E-state index contributed by atoms with van der Waals surface area (Å²) in [5.41, 5.74) is 4.83. The number of nitrogens with one attached hydrogen (secondary N) is 1.